The Kier molecular flexibility index (Phi) is 12.2. The van der Waals surface area contributed by atoms with Crippen LogP contribution in [0.15, 0.2) is 0 Å². The van der Waals surface area contributed by atoms with Crippen molar-refractivity contribution in [2.75, 3.05) is 14.1 Å². The van der Waals surface area contributed by atoms with E-state index < -0.39 is 5.97 Å². The molecule has 0 heterocycles. The van der Waals surface area contributed by atoms with Crippen LogP contribution < -0.4 is 0 Å². The summed E-state index contributed by atoms with van der Waals surface area (Å²) >= 11 is 0. The number of hydrogen-bond acceptors (Lipinski definition) is 2. The summed E-state index contributed by atoms with van der Waals surface area (Å²) in [4.78, 5) is 20.7. The molecule has 0 aromatic heterocycles. The van der Waals surface area contributed by atoms with Gasteiger partial charge in [-0.1, -0.05) is 19.8 Å². The average molecular weight is 189 g/mol. The molecule has 0 aliphatic carbocycles. The maximum absolute atomic E-state index is 9.87. The van der Waals surface area contributed by atoms with Crippen molar-refractivity contribution in [2.24, 2.45) is 0 Å². The number of carbonyl (C=O) groups is 2. The summed E-state index contributed by atoms with van der Waals surface area (Å²) in [5, 5.41) is 8.14. The van der Waals surface area contributed by atoms with Crippen LogP contribution in [-0.2, 0) is 9.59 Å². The zero-order valence-electron chi connectivity index (χ0n) is 8.62. The number of amides is 1. The second-order valence-electron chi connectivity index (χ2n) is 2.92. The van der Waals surface area contributed by atoms with E-state index in [1.807, 2.05) is 0 Å². The summed E-state index contributed by atoms with van der Waals surface area (Å²) in [5.41, 5.74) is 0. The molecule has 0 spiro atoms. The molecule has 0 atom stereocenters. The van der Waals surface area contributed by atoms with Crippen molar-refractivity contribution in [3.8, 4) is 0 Å². The lowest BCUT2D eigenvalue weighted by molar-refractivity contribution is -0.137. The molecular formula is C9H19NO3. The fraction of sp³-hybridized carbons (Fsp3) is 0.778. The van der Waals surface area contributed by atoms with Crippen molar-refractivity contribution in [3.05, 3.63) is 0 Å². The number of hydrogen-bond donors (Lipinski definition) is 1. The predicted octanol–water partition coefficient (Wildman–Crippen LogP) is 1.36. The normalized spacial score (nSPS) is 8.23. The summed E-state index contributed by atoms with van der Waals surface area (Å²) in [6, 6.07) is 0. The Morgan fingerprint density at radius 2 is 1.85 bits per heavy atom. The molecule has 1 N–H and O–H groups in total. The monoisotopic (exact) mass is 189 g/mol. The zero-order chi connectivity index (χ0) is 10.7. The molecule has 4 nitrogen and oxygen atoms in total. The van der Waals surface area contributed by atoms with Crippen LogP contribution in [0, 0.1) is 0 Å². The lowest BCUT2D eigenvalue weighted by Crippen LogP contribution is -2.06. The summed E-state index contributed by atoms with van der Waals surface area (Å²) < 4.78 is 0. The van der Waals surface area contributed by atoms with Gasteiger partial charge in [0.05, 0.1) is 0 Å². The fourth-order valence-corrected chi connectivity index (χ4v) is 0.526. The minimum Gasteiger partial charge on any atom is -0.481 e. The first-order valence-corrected chi connectivity index (χ1v) is 4.38. The Balaban J connectivity index is 0. The van der Waals surface area contributed by atoms with Gasteiger partial charge in [-0.25, -0.2) is 0 Å². The van der Waals surface area contributed by atoms with Crippen LogP contribution in [0.4, 0.5) is 0 Å². The minimum atomic E-state index is -0.682. The summed E-state index contributed by atoms with van der Waals surface area (Å²) in [7, 11) is 3.38. The third-order valence-corrected chi connectivity index (χ3v) is 1.21. The zero-order valence-corrected chi connectivity index (χ0v) is 8.62. The van der Waals surface area contributed by atoms with Gasteiger partial charge in [-0.2, -0.15) is 0 Å². The first-order chi connectivity index (χ1) is 6.04. The van der Waals surface area contributed by atoms with Gasteiger partial charge in [-0.15, -0.1) is 0 Å². The van der Waals surface area contributed by atoms with E-state index in [2.05, 4.69) is 6.92 Å². The molecule has 0 unspecified atom stereocenters. The Bertz CT molecular complexity index is 135. The Labute approximate surface area is 79.5 Å². The van der Waals surface area contributed by atoms with Gasteiger partial charge in [-0.05, 0) is 6.42 Å². The SMILES string of the molecule is CCCCCC(=O)O.CN(C)C=O. The lowest BCUT2D eigenvalue weighted by Gasteiger charge is -1.93. The maximum atomic E-state index is 9.87. The van der Waals surface area contributed by atoms with E-state index >= 15 is 0 Å². The average Bonchev–Trinajstić information content (AvgIpc) is 2.05. The standard InChI is InChI=1S/C6H12O2.C3H7NO/c1-2-3-4-5-6(7)8;1-4(2)3-5/h2-5H2,1H3,(H,7,8);3H,1-2H3. The molecule has 4 heteroatoms. The molecule has 0 aliphatic heterocycles. The number of carboxylic acids is 1. The first kappa shape index (κ1) is 14.5. The highest BCUT2D eigenvalue weighted by Crippen LogP contribution is 1.97. The second-order valence-corrected chi connectivity index (χ2v) is 2.92. The van der Waals surface area contributed by atoms with Crippen LogP contribution in [0.5, 0.6) is 0 Å². The highest BCUT2D eigenvalue weighted by atomic mass is 16.4. The minimum absolute atomic E-state index is 0.327. The third kappa shape index (κ3) is 24.8. The van der Waals surface area contributed by atoms with E-state index in [-0.39, 0.29) is 0 Å². The molecule has 0 saturated heterocycles. The van der Waals surface area contributed by atoms with Crippen molar-refractivity contribution in [1.82, 2.24) is 4.90 Å². The van der Waals surface area contributed by atoms with Gasteiger partial charge in [0.25, 0.3) is 0 Å². The molecule has 0 aliphatic rings. The summed E-state index contributed by atoms with van der Waals surface area (Å²) in [6.45, 7) is 2.06. The Hall–Kier alpha value is -1.06. The van der Waals surface area contributed by atoms with Gasteiger partial charge in [0.2, 0.25) is 6.41 Å². The molecule has 0 saturated carbocycles. The number of rotatable bonds is 5. The van der Waals surface area contributed by atoms with E-state index in [0.717, 1.165) is 25.7 Å². The van der Waals surface area contributed by atoms with Crippen molar-refractivity contribution in [1.29, 1.82) is 0 Å². The van der Waals surface area contributed by atoms with E-state index in [1.54, 1.807) is 14.1 Å². The predicted molar refractivity (Wildman–Crippen MR) is 51.5 cm³/mol. The van der Waals surface area contributed by atoms with E-state index in [4.69, 9.17) is 5.11 Å². The highest BCUT2D eigenvalue weighted by molar-refractivity contribution is 5.66. The molecule has 0 aromatic carbocycles. The molecular weight excluding hydrogens is 170 g/mol. The van der Waals surface area contributed by atoms with Gasteiger partial charge in [0.15, 0.2) is 0 Å². The highest BCUT2D eigenvalue weighted by Gasteiger charge is 1.92. The molecule has 0 aromatic rings. The molecule has 0 rings (SSSR count). The van der Waals surface area contributed by atoms with E-state index in [9.17, 15) is 9.59 Å². The fourth-order valence-electron chi connectivity index (χ4n) is 0.526. The molecule has 1 amide bonds. The van der Waals surface area contributed by atoms with Crippen molar-refractivity contribution in [3.63, 3.8) is 0 Å². The summed E-state index contributed by atoms with van der Waals surface area (Å²) in [5.74, 6) is -0.682. The Morgan fingerprint density at radius 1 is 1.38 bits per heavy atom. The molecule has 13 heavy (non-hydrogen) atoms. The number of carbonyl (C=O) groups excluding carboxylic acids is 1. The van der Waals surface area contributed by atoms with Crippen molar-refractivity contribution in [2.45, 2.75) is 32.6 Å². The van der Waals surface area contributed by atoms with E-state index in [1.165, 1.54) is 4.90 Å². The quantitative estimate of drug-likeness (QED) is 0.524. The second kappa shape index (κ2) is 10.9. The molecule has 78 valence electrons. The van der Waals surface area contributed by atoms with Crippen LogP contribution in [0.2, 0.25) is 0 Å². The lowest BCUT2D eigenvalue weighted by atomic mass is 10.2. The van der Waals surface area contributed by atoms with Crippen LogP contribution >= 0.6 is 0 Å². The van der Waals surface area contributed by atoms with Gasteiger partial charge in [0.1, 0.15) is 0 Å². The number of aliphatic carboxylic acids is 1. The van der Waals surface area contributed by atoms with Crippen molar-refractivity contribution >= 4 is 12.4 Å². The molecule has 0 radical (unpaired) electrons. The first-order valence-electron chi connectivity index (χ1n) is 4.38. The molecule has 0 bridgehead atoms. The summed E-state index contributed by atoms with van der Waals surface area (Å²) in [6.07, 6.45) is 4.03. The van der Waals surface area contributed by atoms with Crippen LogP contribution in [-0.4, -0.2) is 36.5 Å². The number of nitrogens with zero attached hydrogens (tertiary/aromatic N) is 1. The van der Waals surface area contributed by atoms with Gasteiger partial charge >= 0.3 is 5.97 Å². The number of unbranched alkanes of at least 4 members (excludes halogenated alkanes) is 2. The van der Waals surface area contributed by atoms with Crippen LogP contribution in [0.3, 0.4) is 0 Å². The van der Waals surface area contributed by atoms with Gasteiger partial charge < -0.3 is 10.0 Å². The topological polar surface area (TPSA) is 57.6 Å². The van der Waals surface area contributed by atoms with E-state index in [0.29, 0.717) is 6.42 Å². The van der Waals surface area contributed by atoms with Crippen LogP contribution in [0.1, 0.15) is 32.6 Å². The van der Waals surface area contributed by atoms with Gasteiger partial charge in [-0.3, -0.25) is 9.59 Å². The smallest absolute Gasteiger partial charge is 0.303 e. The molecule has 0 fully saturated rings. The van der Waals surface area contributed by atoms with Gasteiger partial charge in [0, 0.05) is 20.5 Å². The van der Waals surface area contributed by atoms with Crippen molar-refractivity contribution < 1.29 is 14.7 Å². The number of carboxylic acid groups (broad SMARTS) is 1. The van der Waals surface area contributed by atoms with Crippen LogP contribution in [0.25, 0.3) is 0 Å². The Morgan fingerprint density at radius 3 is 2.08 bits per heavy atom. The largest absolute Gasteiger partial charge is 0.481 e. The third-order valence-electron chi connectivity index (χ3n) is 1.21. The maximum Gasteiger partial charge on any atom is 0.303 e.